The number of benzene rings is 1. The molecule has 1 aliphatic rings. The molecule has 1 aromatic rings. The largest absolute Gasteiger partial charge is 0.298 e. The van der Waals surface area contributed by atoms with Crippen molar-refractivity contribution in [1.29, 1.82) is 0 Å². The molecule has 1 nitrogen and oxygen atoms in total. The van der Waals surface area contributed by atoms with Gasteiger partial charge in [0, 0.05) is 31.0 Å². The van der Waals surface area contributed by atoms with Crippen molar-refractivity contribution in [2.45, 2.75) is 6.54 Å². The van der Waals surface area contributed by atoms with Crippen molar-refractivity contribution in [3.63, 3.8) is 0 Å². The molecule has 0 aromatic heterocycles. The van der Waals surface area contributed by atoms with Gasteiger partial charge in [-0.1, -0.05) is 15.9 Å². The Labute approximate surface area is 96.2 Å². The fourth-order valence-corrected chi connectivity index (χ4v) is 2.27. The molecule has 0 saturated carbocycles. The van der Waals surface area contributed by atoms with E-state index < -0.39 is 11.6 Å². The first-order valence-corrected chi connectivity index (χ1v) is 6.03. The highest BCUT2D eigenvalue weighted by molar-refractivity contribution is 9.09. The predicted octanol–water partition coefficient (Wildman–Crippen LogP) is 2.79. The van der Waals surface area contributed by atoms with Crippen molar-refractivity contribution < 1.29 is 8.78 Å². The highest BCUT2D eigenvalue weighted by atomic mass is 79.9. The van der Waals surface area contributed by atoms with Crippen LogP contribution in [0, 0.1) is 17.6 Å². The molecule has 2 rings (SSSR count). The van der Waals surface area contributed by atoms with E-state index >= 15 is 0 Å². The molecular formula is C11H12BrF2N. The Morgan fingerprint density at radius 2 is 1.80 bits per heavy atom. The molecule has 1 fully saturated rings. The van der Waals surface area contributed by atoms with Crippen LogP contribution in [0.2, 0.25) is 0 Å². The summed E-state index contributed by atoms with van der Waals surface area (Å²) in [6, 6.07) is 3.69. The molecule has 0 radical (unpaired) electrons. The minimum absolute atomic E-state index is 0.498. The van der Waals surface area contributed by atoms with Crippen molar-refractivity contribution in [3.8, 4) is 0 Å². The van der Waals surface area contributed by atoms with Gasteiger partial charge in [0.25, 0.3) is 0 Å². The molecule has 0 aliphatic carbocycles. The summed E-state index contributed by atoms with van der Waals surface area (Å²) in [5.41, 5.74) is 0.709. The lowest BCUT2D eigenvalue weighted by atomic mass is 10.0. The van der Waals surface area contributed by atoms with Gasteiger partial charge in [0.05, 0.1) is 0 Å². The summed E-state index contributed by atoms with van der Waals surface area (Å²) >= 11 is 3.42. The van der Waals surface area contributed by atoms with Crippen LogP contribution in [-0.4, -0.2) is 23.3 Å². The quantitative estimate of drug-likeness (QED) is 0.767. The first-order chi connectivity index (χ1) is 7.17. The summed E-state index contributed by atoms with van der Waals surface area (Å²) in [5.74, 6) is -0.312. The highest BCUT2D eigenvalue weighted by Crippen LogP contribution is 2.20. The molecule has 1 heterocycles. The molecule has 4 heteroatoms. The van der Waals surface area contributed by atoms with Gasteiger partial charge in [0.15, 0.2) is 0 Å². The Balaban J connectivity index is 1.94. The molecule has 0 spiro atoms. The van der Waals surface area contributed by atoms with Crippen LogP contribution in [0.25, 0.3) is 0 Å². The molecule has 15 heavy (non-hydrogen) atoms. The molecule has 82 valence electrons. The molecule has 1 saturated heterocycles. The third-order valence-corrected chi connectivity index (χ3v) is 3.50. The van der Waals surface area contributed by atoms with Gasteiger partial charge in [-0.05, 0) is 23.6 Å². The van der Waals surface area contributed by atoms with Crippen LogP contribution in [0.3, 0.4) is 0 Å². The van der Waals surface area contributed by atoms with Crippen LogP contribution in [-0.2, 0) is 6.54 Å². The van der Waals surface area contributed by atoms with Crippen LogP contribution < -0.4 is 0 Å². The number of halogens is 3. The Kier molecular flexibility index (Phi) is 3.36. The molecule has 0 unspecified atom stereocenters. The zero-order valence-electron chi connectivity index (χ0n) is 8.22. The molecule has 1 aromatic carbocycles. The summed E-state index contributed by atoms with van der Waals surface area (Å²) in [5, 5.41) is 1.00. The normalized spacial score (nSPS) is 17.8. The van der Waals surface area contributed by atoms with E-state index in [2.05, 4.69) is 20.8 Å². The van der Waals surface area contributed by atoms with Crippen LogP contribution in [0.15, 0.2) is 18.2 Å². The van der Waals surface area contributed by atoms with Crippen molar-refractivity contribution in [1.82, 2.24) is 4.90 Å². The minimum Gasteiger partial charge on any atom is -0.298 e. The molecule has 0 amide bonds. The van der Waals surface area contributed by atoms with Gasteiger partial charge in [-0.2, -0.15) is 0 Å². The summed E-state index contributed by atoms with van der Waals surface area (Å²) in [4.78, 5) is 2.18. The third-order valence-electron chi connectivity index (χ3n) is 2.58. The molecule has 1 aliphatic heterocycles. The number of hydrogen-bond donors (Lipinski definition) is 0. The lowest BCUT2D eigenvalue weighted by Crippen LogP contribution is -2.46. The lowest BCUT2D eigenvalue weighted by molar-refractivity contribution is 0.108. The van der Waals surface area contributed by atoms with Crippen LogP contribution in [0.1, 0.15) is 5.56 Å². The zero-order chi connectivity index (χ0) is 10.8. The van der Waals surface area contributed by atoms with Gasteiger partial charge in [0.2, 0.25) is 0 Å². The van der Waals surface area contributed by atoms with Crippen molar-refractivity contribution in [2.75, 3.05) is 18.4 Å². The smallest absolute Gasteiger partial charge is 0.126 e. The zero-order valence-corrected chi connectivity index (χ0v) is 9.80. The summed E-state index contributed by atoms with van der Waals surface area (Å²) in [6.07, 6.45) is 0. The van der Waals surface area contributed by atoms with Gasteiger partial charge in [-0.15, -0.1) is 0 Å². The summed E-state index contributed by atoms with van der Waals surface area (Å²) in [7, 11) is 0. The molecule has 0 bridgehead atoms. The highest BCUT2D eigenvalue weighted by Gasteiger charge is 2.25. The molecule has 0 atom stereocenters. The Morgan fingerprint density at radius 3 is 2.33 bits per heavy atom. The predicted molar refractivity (Wildman–Crippen MR) is 58.9 cm³/mol. The van der Waals surface area contributed by atoms with E-state index in [1.807, 2.05) is 0 Å². The number of hydrogen-bond acceptors (Lipinski definition) is 1. The van der Waals surface area contributed by atoms with Crippen LogP contribution >= 0.6 is 15.9 Å². The fraction of sp³-hybridized carbons (Fsp3) is 0.455. The first-order valence-electron chi connectivity index (χ1n) is 4.90. The maximum Gasteiger partial charge on any atom is 0.126 e. The molecular weight excluding hydrogens is 264 g/mol. The van der Waals surface area contributed by atoms with E-state index in [0.717, 1.165) is 24.5 Å². The Hall–Kier alpha value is -0.480. The van der Waals surface area contributed by atoms with E-state index in [1.54, 1.807) is 0 Å². The topological polar surface area (TPSA) is 3.24 Å². The van der Waals surface area contributed by atoms with Gasteiger partial charge < -0.3 is 0 Å². The monoisotopic (exact) mass is 275 g/mol. The lowest BCUT2D eigenvalue weighted by Gasteiger charge is -2.38. The number of alkyl halides is 1. The average molecular weight is 276 g/mol. The van der Waals surface area contributed by atoms with E-state index in [-0.39, 0.29) is 0 Å². The SMILES string of the molecule is Fc1cc(F)cc(CN2CC(CBr)C2)c1. The van der Waals surface area contributed by atoms with Crippen LogP contribution in [0.4, 0.5) is 8.78 Å². The van der Waals surface area contributed by atoms with Gasteiger partial charge >= 0.3 is 0 Å². The van der Waals surface area contributed by atoms with Gasteiger partial charge in [-0.3, -0.25) is 4.90 Å². The standard InChI is InChI=1S/C11H12BrF2N/c12-4-9-6-15(7-9)5-8-1-10(13)3-11(14)2-8/h1-3,9H,4-7H2. The average Bonchev–Trinajstić information content (AvgIpc) is 2.08. The summed E-state index contributed by atoms with van der Waals surface area (Å²) < 4.78 is 25.8. The van der Waals surface area contributed by atoms with Crippen molar-refractivity contribution in [2.24, 2.45) is 5.92 Å². The number of rotatable bonds is 3. The maximum absolute atomic E-state index is 12.9. The van der Waals surface area contributed by atoms with E-state index in [1.165, 1.54) is 12.1 Å². The van der Waals surface area contributed by atoms with Crippen molar-refractivity contribution in [3.05, 3.63) is 35.4 Å². The number of nitrogens with zero attached hydrogens (tertiary/aromatic N) is 1. The van der Waals surface area contributed by atoms with E-state index in [9.17, 15) is 8.78 Å². The van der Waals surface area contributed by atoms with Crippen molar-refractivity contribution >= 4 is 15.9 Å². The minimum atomic E-state index is -0.498. The van der Waals surface area contributed by atoms with E-state index in [4.69, 9.17) is 0 Å². The second-order valence-corrected chi connectivity index (χ2v) is 4.64. The second kappa shape index (κ2) is 4.58. The number of likely N-dealkylation sites (tertiary alicyclic amines) is 1. The van der Waals surface area contributed by atoms with Gasteiger partial charge in [0.1, 0.15) is 11.6 Å². The Bertz CT molecular complexity index is 330. The summed E-state index contributed by atoms with van der Waals surface area (Å²) in [6.45, 7) is 2.64. The maximum atomic E-state index is 12.9. The van der Waals surface area contributed by atoms with Gasteiger partial charge in [-0.25, -0.2) is 8.78 Å². The molecule has 0 N–H and O–H groups in total. The van der Waals surface area contributed by atoms with E-state index in [0.29, 0.717) is 18.0 Å². The fourth-order valence-electron chi connectivity index (χ4n) is 1.86. The third kappa shape index (κ3) is 2.75. The Morgan fingerprint density at radius 1 is 1.20 bits per heavy atom. The van der Waals surface area contributed by atoms with Crippen LogP contribution in [0.5, 0.6) is 0 Å². The first kappa shape index (κ1) is 11.0. The second-order valence-electron chi connectivity index (χ2n) is 3.99.